The van der Waals surface area contributed by atoms with E-state index in [2.05, 4.69) is 0 Å². The minimum absolute atomic E-state index is 0.00642. The lowest BCUT2D eigenvalue weighted by Crippen LogP contribution is -2.38. The molecular formula is C19H20N2O4. The Morgan fingerprint density at radius 1 is 1.24 bits per heavy atom. The van der Waals surface area contributed by atoms with E-state index < -0.39 is 0 Å². The number of carbonyl (C=O) groups excluding carboxylic acids is 1. The Balaban J connectivity index is 1.97. The lowest BCUT2D eigenvalue weighted by Gasteiger charge is -2.30. The molecule has 1 aliphatic rings. The van der Waals surface area contributed by atoms with Crippen molar-refractivity contribution >= 4 is 23.4 Å². The lowest BCUT2D eigenvalue weighted by atomic mass is 10.1. The van der Waals surface area contributed by atoms with Crippen LogP contribution in [-0.4, -0.2) is 31.3 Å². The van der Waals surface area contributed by atoms with Gasteiger partial charge in [0.2, 0.25) is 0 Å². The van der Waals surface area contributed by atoms with Gasteiger partial charge in [-0.3, -0.25) is 4.79 Å². The van der Waals surface area contributed by atoms with E-state index in [4.69, 9.17) is 20.3 Å². The van der Waals surface area contributed by atoms with Gasteiger partial charge in [-0.05, 0) is 42.3 Å². The summed E-state index contributed by atoms with van der Waals surface area (Å²) in [5.41, 5.74) is 7.86. The van der Waals surface area contributed by atoms with Crippen LogP contribution in [0.1, 0.15) is 12.0 Å². The maximum absolute atomic E-state index is 12.8. The molecule has 6 nitrogen and oxygen atoms in total. The van der Waals surface area contributed by atoms with Crippen LogP contribution in [0.2, 0.25) is 0 Å². The van der Waals surface area contributed by atoms with Gasteiger partial charge in [0.15, 0.2) is 11.5 Å². The van der Waals surface area contributed by atoms with Crippen LogP contribution in [0, 0.1) is 0 Å². The summed E-state index contributed by atoms with van der Waals surface area (Å²) in [5.74, 6) is 1.22. The standard InChI is InChI=1S/C19H20N2O4/c1-24-15-6-3-13(4-7-15)11-18-19(23)21(9-2-10-22)16-8-5-14(20)12-17(16)25-18/h3-8,11-12,22H,2,9-10,20H2,1H3/b18-11+. The molecule has 3 rings (SSSR count). The maximum Gasteiger partial charge on any atom is 0.294 e. The summed E-state index contributed by atoms with van der Waals surface area (Å²) in [7, 11) is 1.60. The Morgan fingerprint density at radius 2 is 2.00 bits per heavy atom. The average Bonchev–Trinajstić information content (AvgIpc) is 2.62. The summed E-state index contributed by atoms with van der Waals surface area (Å²) < 4.78 is 10.9. The summed E-state index contributed by atoms with van der Waals surface area (Å²) in [6, 6.07) is 12.5. The molecule has 0 fully saturated rings. The molecule has 0 aromatic heterocycles. The smallest absolute Gasteiger partial charge is 0.294 e. The van der Waals surface area contributed by atoms with Crippen molar-refractivity contribution in [3.8, 4) is 11.5 Å². The summed E-state index contributed by atoms with van der Waals surface area (Å²) in [6.45, 7) is 0.405. The number of nitrogens with zero attached hydrogens (tertiary/aromatic N) is 1. The van der Waals surface area contributed by atoms with Crippen LogP contribution in [0.15, 0.2) is 48.2 Å². The molecule has 0 saturated heterocycles. The highest BCUT2D eigenvalue weighted by Gasteiger charge is 2.30. The number of nitrogens with two attached hydrogens (primary N) is 1. The number of rotatable bonds is 5. The van der Waals surface area contributed by atoms with Crippen molar-refractivity contribution in [2.45, 2.75) is 6.42 Å². The van der Waals surface area contributed by atoms with Crippen LogP contribution >= 0.6 is 0 Å². The van der Waals surface area contributed by atoms with Gasteiger partial charge >= 0.3 is 0 Å². The molecule has 0 bridgehead atoms. The van der Waals surface area contributed by atoms with E-state index in [9.17, 15) is 4.79 Å². The van der Waals surface area contributed by atoms with Crippen molar-refractivity contribution in [2.75, 3.05) is 30.9 Å². The van der Waals surface area contributed by atoms with Gasteiger partial charge in [-0.25, -0.2) is 0 Å². The third-order valence-electron chi connectivity index (χ3n) is 3.90. The van der Waals surface area contributed by atoms with Gasteiger partial charge in [-0.2, -0.15) is 0 Å². The quantitative estimate of drug-likeness (QED) is 0.645. The highest BCUT2D eigenvalue weighted by Crippen LogP contribution is 2.37. The molecule has 0 saturated carbocycles. The molecule has 0 unspecified atom stereocenters. The monoisotopic (exact) mass is 340 g/mol. The number of amides is 1. The Kier molecular flexibility index (Phi) is 4.90. The predicted molar refractivity (Wildman–Crippen MR) is 96.5 cm³/mol. The van der Waals surface area contributed by atoms with Crippen LogP contribution in [0.3, 0.4) is 0 Å². The van der Waals surface area contributed by atoms with E-state index in [0.29, 0.717) is 30.1 Å². The largest absolute Gasteiger partial charge is 0.497 e. The summed E-state index contributed by atoms with van der Waals surface area (Å²) in [5, 5.41) is 9.11. The molecule has 1 heterocycles. The van der Waals surface area contributed by atoms with Gasteiger partial charge in [0.1, 0.15) is 5.75 Å². The van der Waals surface area contributed by atoms with Gasteiger partial charge in [-0.1, -0.05) is 12.1 Å². The van der Waals surface area contributed by atoms with E-state index in [0.717, 1.165) is 11.3 Å². The maximum atomic E-state index is 12.8. The Hall–Kier alpha value is -2.99. The predicted octanol–water partition coefficient (Wildman–Crippen LogP) is 2.43. The summed E-state index contributed by atoms with van der Waals surface area (Å²) >= 11 is 0. The fourth-order valence-electron chi connectivity index (χ4n) is 2.63. The van der Waals surface area contributed by atoms with E-state index in [-0.39, 0.29) is 18.3 Å². The van der Waals surface area contributed by atoms with E-state index >= 15 is 0 Å². The number of methoxy groups -OCH3 is 1. The fourth-order valence-corrected chi connectivity index (χ4v) is 2.63. The number of fused-ring (bicyclic) bond motifs is 1. The molecule has 2 aromatic rings. The molecule has 130 valence electrons. The van der Waals surface area contributed by atoms with Crippen LogP contribution in [-0.2, 0) is 4.79 Å². The van der Waals surface area contributed by atoms with Crippen molar-refractivity contribution in [2.24, 2.45) is 0 Å². The number of ether oxygens (including phenoxy) is 2. The van der Waals surface area contributed by atoms with Gasteiger partial charge in [-0.15, -0.1) is 0 Å². The Labute approximate surface area is 146 Å². The molecule has 0 atom stereocenters. The van der Waals surface area contributed by atoms with Crippen molar-refractivity contribution in [1.82, 2.24) is 0 Å². The first kappa shape index (κ1) is 16.9. The molecule has 25 heavy (non-hydrogen) atoms. The number of aliphatic hydroxyl groups is 1. The molecule has 2 aromatic carbocycles. The molecule has 6 heteroatoms. The number of aliphatic hydroxyl groups excluding tert-OH is 1. The van der Waals surface area contributed by atoms with Gasteiger partial charge in [0, 0.05) is 24.9 Å². The topological polar surface area (TPSA) is 85.0 Å². The van der Waals surface area contributed by atoms with Crippen molar-refractivity contribution in [1.29, 1.82) is 0 Å². The normalized spacial score (nSPS) is 15.0. The number of hydrogen-bond acceptors (Lipinski definition) is 5. The average molecular weight is 340 g/mol. The molecule has 0 radical (unpaired) electrons. The lowest BCUT2D eigenvalue weighted by molar-refractivity contribution is -0.117. The first-order chi connectivity index (χ1) is 12.1. The number of benzene rings is 2. The summed E-state index contributed by atoms with van der Waals surface area (Å²) in [6.07, 6.45) is 2.16. The SMILES string of the molecule is COc1ccc(/C=C2/Oc3cc(N)ccc3N(CCCO)C2=O)cc1. The minimum Gasteiger partial charge on any atom is -0.497 e. The second-order valence-corrected chi connectivity index (χ2v) is 5.64. The van der Waals surface area contributed by atoms with Crippen molar-refractivity contribution in [3.63, 3.8) is 0 Å². The first-order valence-electron chi connectivity index (χ1n) is 7.98. The second kappa shape index (κ2) is 7.27. The third kappa shape index (κ3) is 3.59. The Bertz CT molecular complexity index is 800. The van der Waals surface area contributed by atoms with Gasteiger partial charge in [0.05, 0.1) is 12.8 Å². The van der Waals surface area contributed by atoms with E-state index in [1.807, 2.05) is 24.3 Å². The van der Waals surface area contributed by atoms with Crippen LogP contribution in [0.4, 0.5) is 11.4 Å². The fraction of sp³-hybridized carbons (Fsp3) is 0.211. The number of nitrogen functional groups attached to an aromatic ring is 1. The zero-order valence-corrected chi connectivity index (χ0v) is 13.9. The molecule has 1 aliphatic heterocycles. The molecule has 3 N–H and O–H groups in total. The summed E-state index contributed by atoms with van der Waals surface area (Å²) in [4.78, 5) is 14.4. The van der Waals surface area contributed by atoms with Crippen LogP contribution in [0.5, 0.6) is 11.5 Å². The molecule has 1 amide bonds. The Morgan fingerprint density at radius 3 is 2.68 bits per heavy atom. The zero-order valence-electron chi connectivity index (χ0n) is 13.9. The van der Waals surface area contributed by atoms with Crippen molar-refractivity contribution in [3.05, 3.63) is 53.8 Å². The second-order valence-electron chi connectivity index (χ2n) is 5.64. The molecule has 0 aliphatic carbocycles. The van der Waals surface area contributed by atoms with Gasteiger partial charge < -0.3 is 25.2 Å². The van der Waals surface area contributed by atoms with Gasteiger partial charge in [0.25, 0.3) is 5.91 Å². The highest BCUT2D eigenvalue weighted by atomic mass is 16.5. The minimum atomic E-state index is -0.249. The first-order valence-corrected chi connectivity index (χ1v) is 7.98. The number of carbonyl (C=O) groups is 1. The van der Waals surface area contributed by atoms with Crippen LogP contribution < -0.4 is 20.1 Å². The highest BCUT2D eigenvalue weighted by molar-refractivity contribution is 6.10. The van der Waals surface area contributed by atoms with Crippen molar-refractivity contribution < 1.29 is 19.4 Å². The molecule has 0 spiro atoms. The van der Waals surface area contributed by atoms with E-state index in [1.54, 1.807) is 36.3 Å². The third-order valence-corrected chi connectivity index (χ3v) is 3.90. The van der Waals surface area contributed by atoms with E-state index in [1.165, 1.54) is 0 Å². The zero-order chi connectivity index (χ0) is 17.8. The van der Waals surface area contributed by atoms with Crippen LogP contribution in [0.25, 0.3) is 6.08 Å². The molecular weight excluding hydrogens is 320 g/mol. The number of hydrogen-bond donors (Lipinski definition) is 2. The number of anilines is 2.